The zero-order valence-corrected chi connectivity index (χ0v) is 6.65. The standard InChI is InChI=1S/C9H16/c1-5-8(3)7-9(4)6-2/h5,7-8H,1,6H2,2-4H3/b9-7+. The molecule has 0 bridgehead atoms. The van der Waals surface area contributed by atoms with Gasteiger partial charge < -0.3 is 0 Å². The molecule has 0 heteroatoms. The second-order valence-corrected chi connectivity index (χ2v) is 2.46. The molecule has 0 saturated heterocycles. The van der Waals surface area contributed by atoms with E-state index < -0.39 is 0 Å². The Labute approximate surface area is 58.3 Å². The predicted molar refractivity (Wildman–Crippen MR) is 43.4 cm³/mol. The third-order valence-electron chi connectivity index (χ3n) is 1.48. The molecule has 0 radical (unpaired) electrons. The Morgan fingerprint density at radius 1 is 1.67 bits per heavy atom. The molecule has 0 aliphatic heterocycles. The second kappa shape index (κ2) is 4.37. The molecule has 0 aliphatic carbocycles. The van der Waals surface area contributed by atoms with Gasteiger partial charge >= 0.3 is 0 Å². The fraction of sp³-hybridized carbons (Fsp3) is 0.556. The molecule has 0 spiro atoms. The molecule has 0 nitrogen and oxygen atoms in total. The molecular weight excluding hydrogens is 108 g/mol. The topological polar surface area (TPSA) is 0 Å². The number of rotatable bonds is 3. The third-order valence-corrected chi connectivity index (χ3v) is 1.48. The van der Waals surface area contributed by atoms with Gasteiger partial charge in [0.2, 0.25) is 0 Å². The van der Waals surface area contributed by atoms with Crippen LogP contribution < -0.4 is 0 Å². The first-order valence-electron chi connectivity index (χ1n) is 3.50. The van der Waals surface area contributed by atoms with Gasteiger partial charge in [-0.25, -0.2) is 0 Å². The van der Waals surface area contributed by atoms with Crippen molar-refractivity contribution < 1.29 is 0 Å². The third kappa shape index (κ3) is 4.01. The minimum atomic E-state index is 0.532. The number of hydrogen-bond acceptors (Lipinski definition) is 0. The van der Waals surface area contributed by atoms with E-state index in [9.17, 15) is 0 Å². The van der Waals surface area contributed by atoms with Crippen LogP contribution in [0.5, 0.6) is 0 Å². The molecule has 0 aliphatic rings. The summed E-state index contributed by atoms with van der Waals surface area (Å²) in [6, 6.07) is 0. The fourth-order valence-corrected chi connectivity index (χ4v) is 0.635. The Bertz CT molecular complexity index is 109. The van der Waals surface area contributed by atoms with Crippen molar-refractivity contribution in [3.8, 4) is 0 Å². The summed E-state index contributed by atoms with van der Waals surface area (Å²) < 4.78 is 0. The Hall–Kier alpha value is -0.520. The van der Waals surface area contributed by atoms with E-state index in [4.69, 9.17) is 0 Å². The summed E-state index contributed by atoms with van der Waals surface area (Å²) >= 11 is 0. The quantitative estimate of drug-likeness (QED) is 0.507. The highest BCUT2D eigenvalue weighted by molar-refractivity contribution is 5.03. The van der Waals surface area contributed by atoms with Crippen LogP contribution in [0.2, 0.25) is 0 Å². The van der Waals surface area contributed by atoms with Crippen molar-refractivity contribution in [1.82, 2.24) is 0 Å². The van der Waals surface area contributed by atoms with Gasteiger partial charge in [-0.2, -0.15) is 0 Å². The molecule has 1 atom stereocenters. The zero-order valence-electron chi connectivity index (χ0n) is 6.65. The van der Waals surface area contributed by atoms with E-state index in [0.29, 0.717) is 5.92 Å². The van der Waals surface area contributed by atoms with Gasteiger partial charge in [-0.15, -0.1) is 6.58 Å². The molecule has 52 valence electrons. The molecule has 0 saturated carbocycles. The zero-order chi connectivity index (χ0) is 7.28. The Balaban J connectivity index is 3.78. The smallest absolute Gasteiger partial charge is 0.00820 e. The van der Waals surface area contributed by atoms with Crippen molar-refractivity contribution in [2.24, 2.45) is 5.92 Å². The summed E-state index contributed by atoms with van der Waals surface area (Å²) in [5.41, 5.74) is 1.45. The molecule has 0 fully saturated rings. The molecule has 0 aromatic carbocycles. The summed E-state index contributed by atoms with van der Waals surface area (Å²) in [5, 5.41) is 0. The molecule has 0 aromatic rings. The van der Waals surface area contributed by atoms with E-state index in [1.165, 1.54) is 5.57 Å². The highest BCUT2D eigenvalue weighted by Crippen LogP contribution is 2.05. The molecule has 0 heterocycles. The lowest BCUT2D eigenvalue weighted by Crippen LogP contribution is -1.83. The van der Waals surface area contributed by atoms with Crippen molar-refractivity contribution in [1.29, 1.82) is 0 Å². The van der Waals surface area contributed by atoms with Gasteiger partial charge in [-0.1, -0.05) is 31.6 Å². The first-order valence-corrected chi connectivity index (χ1v) is 3.50. The highest BCUT2D eigenvalue weighted by Gasteiger charge is 1.88. The lowest BCUT2D eigenvalue weighted by Gasteiger charge is -1.98. The molecule has 9 heavy (non-hydrogen) atoms. The normalized spacial score (nSPS) is 15.2. The van der Waals surface area contributed by atoms with Gasteiger partial charge in [0.15, 0.2) is 0 Å². The van der Waals surface area contributed by atoms with Gasteiger partial charge in [-0.05, 0) is 19.3 Å². The van der Waals surface area contributed by atoms with Gasteiger partial charge in [0.05, 0.1) is 0 Å². The number of hydrogen-bond donors (Lipinski definition) is 0. The lowest BCUT2D eigenvalue weighted by molar-refractivity contribution is 0.910. The highest BCUT2D eigenvalue weighted by atomic mass is 13.9. The van der Waals surface area contributed by atoms with Crippen LogP contribution in [0.4, 0.5) is 0 Å². The van der Waals surface area contributed by atoms with Crippen molar-refractivity contribution in [3.05, 3.63) is 24.3 Å². The Kier molecular flexibility index (Phi) is 4.12. The van der Waals surface area contributed by atoms with Gasteiger partial charge in [0, 0.05) is 0 Å². The van der Waals surface area contributed by atoms with E-state index in [-0.39, 0.29) is 0 Å². The average Bonchev–Trinajstić information content (AvgIpc) is 1.87. The molecule has 0 aromatic heterocycles. The van der Waals surface area contributed by atoms with E-state index in [1.54, 1.807) is 0 Å². The first-order chi connectivity index (χ1) is 4.20. The summed E-state index contributed by atoms with van der Waals surface area (Å²) in [4.78, 5) is 0. The van der Waals surface area contributed by atoms with Crippen LogP contribution in [0, 0.1) is 5.92 Å². The first kappa shape index (κ1) is 8.48. The maximum Gasteiger partial charge on any atom is -0.00820 e. The van der Waals surface area contributed by atoms with Crippen LogP contribution >= 0.6 is 0 Å². The molecular formula is C9H16. The van der Waals surface area contributed by atoms with Crippen molar-refractivity contribution in [2.45, 2.75) is 27.2 Å². The Morgan fingerprint density at radius 3 is 2.56 bits per heavy atom. The van der Waals surface area contributed by atoms with Crippen molar-refractivity contribution >= 4 is 0 Å². The molecule has 0 rings (SSSR count). The van der Waals surface area contributed by atoms with Crippen LogP contribution in [0.1, 0.15) is 27.2 Å². The summed E-state index contributed by atoms with van der Waals surface area (Å²) in [6.45, 7) is 10.2. The predicted octanol–water partition coefficient (Wildman–Crippen LogP) is 3.16. The largest absolute Gasteiger partial charge is 0.102 e. The van der Waals surface area contributed by atoms with Gasteiger partial charge in [0.1, 0.15) is 0 Å². The van der Waals surface area contributed by atoms with Crippen LogP contribution in [0.3, 0.4) is 0 Å². The van der Waals surface area contributed by atoms with Crippen LogP contribution in [-0.4, -0.2) is 0 Å². The van der Waals surface area contributed by atoms with Gasteiger partial charge in [-0.3, -0.25) is 0 Å². The van der Waals surface area contributed by atoms with E-state index >= 15 is 0 Å². The second-order valence-electron chi connectivity index (χ2n) is 2.46. The van der Waals surface area contributed by atoms with Gasteiger partial charge in [0.25, 0.3) is 0 Å². The number of allylic oxidation sites excluding steroid dienone is 3. The molecule has 0 N–H and O–H groups in total. The van der Waals surface area contributed by atoms with E-state index in [2.05, 4.69) is 33.4 Å². The van der Waals surface area contributed by atoms with Crippen molar-refractivity contribution in [2.75, 3.05) is 0 Å². The van der Waals surface area contributed by atoms with Crippen LogP contribution in [-0.2, 0) is 0 Å². The molecule has 0 amide bonds. The minimum absolute atomic E-state index is 0.532. The summed E-state index contributed by atoms with van der Waals surface area (Å²) in [7, 11) is 0. The summed E-state index contributed by atoms with van der Waals surface area (Å²) in [6.07, 6.45) is 5.35. The van der Waals surface area contributed by atoms with Crippen molar-refractivity contribution in [3.63, 3.8) is 0 Å². The SMILES string of the molecule is C=CC(C)/C=C(\C)CC. The van der Waals surface area contributed by atoms with E-state index in [0.717, 1.165) is 6.42 Å². The fourth-order valence-electron chi connectivity index (χ4n) is 0.635. The lowest BCUT2D eigenvalue weighted by atomic mass is 10.1. The van der Waals surface area contributed by atoms with Crippen LogP contribution in [0.25, 0.3) is 0 Å². The maximum atomic E-state index is 3.70. The maximum absolute atomic E-state index is 3.70. The minimum Gasteiger partial charge on any atom is -0.102 e. The van der Waals surface area contributed by atoms with Crippen LogP contribution in [0.15, 0.2) is 24.3 Å². The molecule has 1 unspecified atom stereocenters. The Morgan fingerprint density at radius 2 is 2.22 bits per heavy atom. The summed E-state index contributed by atoms with van der Waals surface area (Å²) in [5.74, 6) is 0.532. The van der Waals surface area contributed by atoms with E-state index in [1.807, 2.05) is 6.08 Å². The monoisotopic (exact) mass is 124 g/mol. The average molecular weight is 124 g/mol.